The van der Waals surface area contributed by atoms with Gasteiger partial charge >= 0.3 is 5.97 Å². The number of carboxylic acid groups (broad SMARTS) is 1. The van der Waals surface area contributed by atoms with Crippen molar-refractivity contribution in [3.05, 3.63) is 60.2 Å². The summed E-state index contributed by atoms with van der Waals surface area (Å²) in [6.07, 6.45) is 3.63. The normalized spacial score (nSPS) is 18.7. The van der Waals surface area contributed by atoms with Gasteiger partial charge in [0.15, 0.2) is 5.96 Å². The van der Waals surface area contributed by atoms with Crippen molar-refractivity contribution in [2.45, 2.75) is 92.9 Å². The largest absolute Gasteiger partial charge is 0.480 e. The van der Waals surface area contributed by atoms with Gasteiger partial charge < -0.3 is 53.8 Å². The van der Waals surface area contributed by atoms with Crippen molar-refractivity contribution >= 4 is 64.8 Å². The first-order valence-electron chi connectivity index (χ1n) is 21.7. The summed E-state index contributed by atoms with van der Waals surface area (Å²) in [6, 6.07) is 12.8. The predicted octanol–water partition coefficient (Wildman–Crippen LogP) is -1.10. The second kappa shape index (κ2) is 23.2. The molecule has 348 valence electrons. The molecule has 3 aliphatic heterocycles. The smallest absolute Gasteiger partial charge is 0.323 e. The van der Waals surface area contributed by atoms with Crippen LogP contribution in [0.4, 0.5) is 5.69 Å². The number of benzene rings is 2. The maximum Gasteiger partial charge on any atom is 0.323 e. The van der Waals surface area contributed by atoms with Crippen molar-refractivity contribution in [3.8, 4) is 0 Å². The van der Waals surface area contributed by atoms with Gasteiger partial charge in [0.05, 0.1) is 18.4 Å². The molecule has 2 fully saturated rings. The van der Waals surface area contributed by atoms with Crippen LogP contribution >= 0.6 is 11.8 Å². The molecule has 2 saturated heterocycles. The minimum absolute atomic E-state index is 0.0823. The van der Waals surface area contributed by atoms with Crippen LogP contribution in [-0.4, -0.2) is 155 Å². The highest BCUT2D eigenvalue weighted by molar-refractivity contribution is 7.99. The number of para-hydroxylation sites is 1. The first-order chi connectivity index (χ1) is 30.6. The van der Waals surface area contributed by atoms with E-state index in [1.165, 1.54) is 23.6 Å². The molecule has 64 heavy (non-hydrogen) atoms. The number of anilines is 1. The van der Waals surface area contributed by atoms with E-state index < -0.39 is 65.8 Å². The molecule has 3 aliphatic rings. The van der Waals surface area contributed by atoms with Gasteiger partial charge in [-0.25, -0.2) is 0 Å². The Bertz CT molecular complexity index is 2010. The summed E-state index contributed by atoms with van der Waals surface area (Å²) in [6.45, 7) is 2.29. The number of hydrogen-bond donors (Lipinski definition) is 8. The minimum Gasteiger partial charge on any atom is -0.480 e. The van der Waals surface area contributed by atoms with Gasteiger partial charge in [-0.2, -0.15) is 0 Å². The third-order valence-corrected chi connectivity index (χ3v) is 12.9. The van der Waals surface area contributed by atoms with Crippen LogP contribution < -0.4 is 43.8 Å². The monoisotopic (exact) mass is 906 g/mol. The van der Waals surface area contributed by atoms with Gasteiger partial charge in [0, 0.05) is 36.8 Å². The Labute approximate surface area is 377 Å². The topological polar surface area (TPSA) is 305 Å². The number of unbranched alkanes of at least 4 members (excludes halogenated alkanes) is 1. The third kappa shape index (κ3) is 12.9. The van der Waals surface area contributed by atoms with E-state index in [0.29, 0.717) is 55.8 Å². The zero-order chi connectivity index (χ0) is 46.4. The van der Waals surface area contributed by atoms with Crippen LogP contribution in [0.3, 0.4) is 0 Å². The fraction of sp³-hybridized carbons (Fsp3) is 0.535. The number of likely N-dealkylation sites (tertiary alicyclic amines) is 1. The van der Waals surface area contributed by atoms with Crippen molar-refractivity contribution in [2.24, 2.45) is 27.9 Å². The van der Waals surface area contributed by atoms with Crippen LogP contribution in [0.1, 0.15) is 57.4 Å². The molecule has 3 heterocycles. The number of thioether (sulfide) groups is 1. The Morgan fingerprint density at radius 1 is 0.922 bits per heavy atom. The van der Waals surface area contributed by atoms with Crippen molar-refractivity contribution in [1.82, 2.24) is 30.7 Å². The molecule has 21 heteroatoms. The number of nitrogens with zero attached hydrogens (tertiary/aromatic N) is 5. The highest BCUT2D eigenvalue weighted by Crippen LogP contribution is 2.37. The van der Waals surface area contributed by atoms with Crippen LogP contribution in [0, 0.1) is 0 Å². The van der Waals surface area contributed by atoms with Crippen molar-refractivity contribution in [2.75, 3.05) is 63.1 Å². The highest BCUT2D eigenvalue weighted by atomic mass is 32.2. The number of nitrogens with two attached hydrogens (primary N) is 4. The van der Waals surface area contributed by atoms with Crippen LogP contribution in [0.25, 0.3) is 0 Å². The molecule has 0 aliphatic carbocycles. The van der Waals surface area contributed by atoms with E-state index in [9.17, 15) is 38.7 Å². The lowest BCUT2D eigenvalue weighted by molar-refractivity contribution is -0.144. The number of aliphatic carboxylic acids is 1. The molecule has 20 nitrogen and oxygen atoms in total. The summed E-state index contributed by atoms with van der Waals surface area (Å²) in [5.41, 5.74) is 23.2. The summed E-state index contributed by atoms with van der Waals surface area (Å²) >= 11 is 1.30. The van der Waals surface area contributed by atoms with Crippen molar-refractivity contribution in [1.29, 1.82) is 0 Å². The lowest BCUT2D eigenvalue weighted by atomic mass is 9.85. The molecular weight excluding hydrogens is 845 g/mol. The van der Waals surface area contributed by atoms with Crippen molar-refractivity contribution < 1.29 is 38.7 Å². The summed E-state index contributed by atoms with van der Waals surface area (Å²) in [7, 11) is 0. The number of fused-ring (bicyclic) bond motifs is 1. The number of carbonyl (C=O) groups is 7. The molecule has 1 spiro atoms. The van der Waals surface area contributed by atoms with E-state index >= 15 is 0 Å². The molecule has 2 aromatic rings. The van der Waals surface area contributed by atoms with Crippen LogP contribution in [-0.2, 0) is 40.0 Å². The third-order valence-electron chi connectivity index (χ3n) is 11.8. The van der Waals surface area contributed by atoms with Crippen molar-refractivity contribution in [3.63, 3.8) is 0 Å². The first kappa shape index (κ1) is 49.2. The highest BCUT2D eigenvalue weighted by Gasteiger charge is 2.54. The average molecular weight is 907 g/mol. The fourth-order valence-electron chi connectivity index (χ4n) is 8.26. The number of carboxylic acids is 1. The number of rotatable bonds is 21. The van der Waals surface area contributed by atoms with E-state index in [-0.39, 0.29) is 75.6 Å². The molecule has 4 atom stereocenters. The van der Waals surface area contributed by atoms with Gasteiger partial charge in [-0.05, 0) is 76.1 Å². The molecule has 5 rings (SSSR count). The second-order valence-electron chi connectivity index (χ2n) is 16.3. The average Bonchev–Trinajstić information content (AvgIpc) is 3.43. The Morgan fingerprint density at radius 3 is 2.31 bits per heavy atom. The Balaban J connectivity index is 1.24. The van der Waals surface area contributed by atoms with Gasteiger partial charge in [-0.3, -0.25) is 48.4 Å². The van der Waals surface area contributed by atoms with Gasteiger partial charge in [0.25, 0.3) is 5.91 Å². The van der Waals surface area contributed by atoms with E-state index in [4.69, 9.17) is 22.9 Å². The molecule has 0 bridgehead atoms. The Kier molecular flexibility index (Phi) is 17.9. The maximum atomic E-state index is 14.5. The molecule has 0 aromatic heterocycles. The molecule has 0 saturated carbocycles. The number of hydrogen-bond acceptors (Lipinski definition) is 12. The molecule has 0 unspecified atom stereocenters. The van der Waals surface area contributed by atoms with E-state index in [2.05, 4.69) is 25.8 Å². The van der Waals surface area contributed by atoms with Crippen LogP contribution in [0.15, 0.2) is 64.5 Å². The van der Waals surface area contributed by atoms with Gasteiger partial charge in [0.1, 0.15) is 36.8 Å². The molecule has 6 amide bonds. The predicted molar refractivity (Wildman–Crippen MR) is 241 cm³/mol. The SMILES string of the molecule is C[C@H](NC(=O)CN1CN(CCc2ccccc2)C2(CCN(C(=O)[C@H](CCCN=C(N)N)NC(=O)[C@@H](N)CCCCN)CC2)C1=O)C(=O)N[C@@H]1CSc2ccccc2N(CC(=O)O)C1=O. The lowest BCUT2D eigenvalue weighted by Gasteiger charge is -2.43. The zero-order valence-corrected chi connectivity index (χ0v) is 37.1. The quantitative estimate of drug-likeness (QED) is 0.0419. The lowest BCUT2D eigenvalue weighted by Crippen LogP contribution is -2.60. The van der Waals surface area contributed by atoms with Crippen LogP contribution in [0.2, 0.25) is 0 Å². The van der Waals surface area contributed by atoms with E-state index in [1.807, 2.05) is 30.3 Å². The van der Waals surface area contributed by atoms with Crippen LogP contribution in [0.5, 0.6) is 0 Å². The number of amides is 6. The Morgan fingerprint density at radius 2 is 1.62 bits per heavy atom. The number of guanidine groups is 1. The van der Waals surface area contributed by atoms with E-state index in [1.54, 1.807) is 29.2 Å². The molecule has 12 N–H and O–H groups in total. The van der Waals surface area contributed by atoms with E-state index in [0.717, 1.165) is 10.5 Å². The maximum absolute atomic E-state index is 14.5. The van der Waals surface area contributed by atoms with Gasteiger partial charge in [0.2, 0.25) is 29.5 Å². The standard InChI is InChI=1S/C43H62N12O8S/c1-28(37(59)51-32-26-64-34-15-6-5-14-33(34)55(40(32)62)25-36(57)58)49-35(56)24-53-27-54(21-16-29-10-3-2-4-11-29)43(41(53)63)17-22-52(23-18-43)39(61)31(13-9-20-48-42(46)47)50-38(60)30(45)12-7-8-19-44/h2-6,10-11,14-15,28,30-32H,7-9,12-13,16-27,44-45H2,1H3,(H,49,56)(H,50,60)(H,51,59)(H,57,58)(H4,46,47,48)/t28-,30-,31-,32+/m0/s1. The number of nitrogens with one attached hydrogen (secondary N) is 3. The summed E-state index contributed by atoms with van der Waals surface area (Å²) < 4.78 is 0. The zero-order valence-electron chi connectivity index (χ0n) is 36.3. The Hall–Kier alpha value is -5.77. The number of carbonyl (C=O) groups excluding carboxylic acids is 6. The first-order valence-corrected chi connectivity index (χ1v) is 22.6. The number of piperidine rings is 1. The van der Waals surface area contributed by atoms with Gasteiger partial charge in [-0.1, -0.05) is 48.9 Å². The summed E-state index contributed by atoms with van der Waals surface area (Å²) in [4.78, 5) is 105. The number of aliphatic imine (C=N–C) groups is 1. The molecular formula is C43H62N12O8S. The second-order valence-corrected chi connectivity index (χ2v) is 17.4. The minimum atomic E-state index is -1.21. The fourth-order valence-corrected chi connectivity index (χ4v) is 9.33. The van der Waals surface area contributed by atoms with Gasteiger partial charge in [-0.15, -0.1) is 11.8 Å². The summed E-state index contributed by atoms with van der Waals surface area (Å²) in [5.74, 6) is -4.03. The molecule has 0 radical (unpaired) electrons. The molecule has 2 aromatic carbocycles. The summed E-state index contributed by atoms with van der Waals surface area (Å²) in [5, 5.41) is 17.7.